The van der Waals surface area contributed by atoms with Gasteiger partial charge in [0.25, 0.3) is 0 Å². The number of rotatable bonds is 5. The minimum atomic E-state index is 0.617. The molecule has 1 aromatic heterocycles. The van der Waals surface area contributed by atoms with Crippen molar-refractivity contribution in [2.45, 2.75) is 34.2 Å². The van der Waals surface area contributed by atoms with Gasteiger partial charge in [0.2, 0.25) is 0 Å². The number of hydrogen-bond donors (Lipinski definition) is 1. The fourth-order valence-corrected chi connectivity index (χ4v) is 1.85. The maximum atomic E-state index is 4.08. The van der Waals surface area contributed by atoms with Gasteiger partial charge >= 0.3 is 0 Å². The third-order valence-corrected chi connectivity index (χ3v) is 3.10. The van der Waals surface area contributed by atoms with Gasteiger partial charge in [-0.3, -0.25) is 0 Å². The Kier molecular flexibility index (Phi) is 4.27. The summed E-state index contributed by atoms with van der Waals surface area (Å²) in [6.07, 6.45) is 0. The van der Waals surface area contributed by atoms with Gasteiger partial charge in [-0.15, -0.1) is 5.10 Å². The number of aryl methyl sites for hydroxylation is 2. The van der Waals surface area contributed by atoms with E-state index in [1.54, 1.807) is 4.68 Å². The molecule has 102 valence electrons. The molecule has 0 saturated heterocycles. The number of benzene rings is 1. The van der Waals surface area contributed by atoms with Crippen LogP contribution < -0.4 is 5.32 Å². The number of nitrogens with one attached hydrogen (secondary N) is 1. The van der Waals surface area contributed by atoms with Gasteiger partial charge in [-0.25, -0.2) is 0 Å². The van der Waals surface area contributed by atoms with Crippen molar-refractivity contribution < 1.29 is 0 Å². The van der Waals surface area contributed by atoms with Crippen LogP contribution in [0.2, 0.25) is 0 Å². The van der Waals surface area contributed by atoms with Crippen LogP contribution in [-0.4, -0.2) is 26.8 Å². The topological polar surface area (TPSA) is 55.6 Å². The van der Waals surface area contributed by atoms with Crippen LogP contribution in [0.3, 0.4) is 0 Å². The largest absolute Gasteiger partial charge is 0.310 e. The van der Waals surface area contributed by atoms with Gasteiger partial charge in [0.05, 0.1) is 12.2 Å². The van der Waals surface area contributed by atoms with Crippen molar-refractivity contribution in [3.8, 4) is 5.69 Å². The molecule has 2 rings (SSSR count). The summed E-state index contributed by atoms with van der Waals surface area (Å²) in [4.78, 5) is 0. The molecular formula is C14H21N5. The zero-order chi connectivity index (χ0) is 13.8. The van der Waals surface area contributed by atoms with E-state index in [2.05, 4.69) is 60.7 Å². The normalized spacial score (nSPS) is 11.2. The van der Waals surface area contributed by atoms with E-state index in [9.17, 15) is 0 Å². The maximum absolute atomic E-state index is 4.08. The van der Waals surface area contributed by atoms with Gasteiger partial charge in [-0.1, -0.05) is 19.9 Å². The predicted molar refractivity (Wildman–Crippen MR) is 75.2 cm³/mol. The van der Waals surface area contributed by atoms with E-state index < -0.39 is 0 Å². The molecule has 0 aliphatic heterocycles. The molecule has 2 aromatic rings. The molecule has 1 heterocycles. The Balaban J connectivity index is 2.16. The molecule has 1 aromatic carbocycles. The summed E-state index contributed by atoms with van der Waals surface area (Å²) < 4.78 is 1.79. The lowest BCUT2D eigenvalue weighted by Gasteiger charge is -2.09. The first-order valence-electron chi connectivity index (χ1n) is 6.63. The van der Waals surface area contributed by atoms with Crippen molar-refractivity contribution in [1.82, 2.24) is 25.5 Å². The Morgan fingerprint density at radius 1 is 1.21 bits per heavy atom. The number of hydrogen-bond acceptors (Lipinski definition) is 4. The molecule has 19 heavy (non-hydrogen) atoms. The molecule has 1 N–H and O–H groups in total. The minimum Gasteiger partial charge on any atom is -0.310 e. The fourth-order valence-electron chi connectivity index (χ4n) is 1.85. The van der Waals surface area contributed by atoms with Crippen molar-refractivity contribution in [2.75, 3.05) is 6.54 Å². The Morgan fingerprint density at radius 3 is 2.68 bits per heavy atom. The summed E-state index contributed by atoms with van der Waals surface area (Å²) in [6, 6.07) is 6.25. The molecule has 0 aliphatic rings. The third-order valence-electron chi connectivity index (χ3n) is 3.10. The van der Waals surface area contributed by atoms with E-state index >= 15 is 0 Å². The second-order valence-corrected chi connectivity index (χ2v) is 5.30. The number of tetrazole rings is 1. The highest BCUT2D eigenvalue weighted by molar-refractivity contribution is 5.39. The highest BCUT2D eigenvalue weighted by atomic mass is 15.5. The second-order valence-electron chi connectivity index (χ2n) is 5.30. The first-order chi connectivity index (χ1) is 9.08. The maximum Gasteiger partial charge on any atom is 0.170 e. The molecule has 0 atom stereocenters. The average molecular weight is 259 g/mol. The van der Waals surface area contributed by atoms with Gasteiger partial charge in [0, 0.05) is 0 Å². The third kappa shape index (κ3) is 3.38. The Bertz CT molecular complexity index is 545. The monoisotopic (exact) mass is 259 g/mol. The van der Waals surface area contributed by atoms with E-state index in [-0.39, 0.29) is 0 Å². The summed E-state index contributed by atoms with van der Waals surface area (Å²) in [5.74, 6) is 1.45. The van der Waals surface area contributed by atoms with Crippen LogP contribution in [0.1, 0.15) is 30.8 Å². The van der Waals surface area contributed by atoms with Crippen LogP contribution in [0.4, 0.5) is 0 Å². The summed E-state index contributed by atoms with van der Waals surface area (Å²) in [6.45, 7) is 10.2. The van der Waals surface area contributed by atoms with Crippen LogP contribution in [-0.2, 0) is 6.54 Å². The molecule has 0 fully saturated rings. The van der Waals surface area contributed by atoms with Crippen molar-refractivity contribution in [3.63, 3.8) is 0 Å². The Labute approximate surface area is 114 Å². The first kappa shape index (κ1) is 13.7. The van der Waals surface area contributed by atoms with Gasteiger partial charge in [0.1, 0.15) is 0 Å². The summed E-state index contributed by atoms with van der Waals surface area (Å²) in [5.41, 5.74) is 3.53. The van der Waals surface area contributed by atoms with E-state index in [1.165, 1.54) is 11.1 Å². The van der Waals surface area contributed by atoms with Crippen molar-refractivity contribution >= 4 is 0 Å². The lowest BCUT2D eigenvalue weighted by molar-refractivity contribution is 0.537. The van der Waals surface area contributed by atoms with Gasteiger partial charge in [-0.05, 0) is 60.0 Å². The smallest absolute Gasteiger partial charge is 0.170 e. The molecule has 0 unspecified atom stereocenters. The Hall–Kier alpha value is -1.75. The minimum absolute atomic E-state index is 0.617. The van der Waals surface area contributed by atoms with Crippen LogP contribution in [0.25, 0.3) is 5.69 Å². The molecular weight excluding hydrogens is 238 g/mol. The van der Waals surface area contributed by atoms with Gasteiger partial charge < -0.3 is 5.32 Å². The molecule has 0 bridgehead atoms. The molecule has 0 amide bonds. The zero-order valence-corrected chi connectivity index (χ0v) is 12.0. The first-order valence-corrected chi connectivity index (χ1v) is 6.63. The number of nitrogens with zero attached hydrogens (tertiary/aromatic N) is 4. The molecule has 5 nitrogen and oxygen atoms in total. The van der Waals surface area contributed by atoms with Crippen LogP contribution in [0, 0.1) is 19.8 Å². The highest BCUT2D eigenvalue weighted by Crippen LogP contribution is 2.13. The summed E-state index contributed by atoms with van der Waals surface area (Å²) in [7, 11) is 0. The predicted octanol–water partition coefficient (Wildman–Crippen LogP) is 2.02. The van der Waals surface area contributed by atoms with Crippen LogP contribution in [0.15, 0.2) is 18.2 Å². The quantitative estimate of drug-likeness (QED) is 0.892. The molecule has 0 radical (unpaired) electrons. The van der Waals surface area contributed by atoms with E-state index in [0.717, 1.165) is 18.1 Å². The van der Waals surface area contributed by atoms with Crippen molar-refractivity contribution in [2.24, 2.45) is 5.92 Å². The van der Waals surface area contributed by atoms with Crippen LogP contribution in [0.5, 0.6) is 0 Å². The lowest BCUT2D eigenvalue weighted by Crippen LogP contribution is -2.21. The molecule has 0 aliphatic carbocycles. The van der Waals surface area contributed by atoms with Crippen LogP contribution >= 0.6 is 0 Å². The summed E-state index contributed by atoms with van der Waals surface area (Å²) >= 11 is 0. The molecule has 0 saturated carbocycles. The highest BCUT2D eigenvalue weighted by Gasteiger charge is 2.08. The van der Waals surface area contributed by atoms with E-state index in [1.807, 2.05) is 6.07 Å². The fraction of sp³-hybridized carbons (Fsp3) is 0.500. The summed E-state index contributed by atoms with van der Waals surface area (Å²) in [5, 5.41) is 15.3. The lowest BCUT2D eigenvalue weighted by atomic mass is 10.1. The van der Waals surface area contributed by atoms with E-state index in [4.69, 9.17) is 0 Å². The molecule has 0 spiro atoms. The van der Waals surface area contributed by atoms with Gasteiger partial charge in [0.15, 0.2) is 5.82 Å². The second kappa shape index (κ2) is 5.93. The standard InChI is InChI=1S/C14H21N5/c1-10(2)8-15-9-14-16-17-18-19(14)13-6-5-11(3)12(4)7-13/h5-7,10,15H,8-9H2,1-4H3. The number of aromatic nitrogens is 4. The van der Waals surface area contributed by atoms with Crippen molar-refractivity contribution in [3.05, 3.63) is 35.2 Å². The zero-order valence-electron chi connectivity index (χ0n) is 12.0. The SMILES string of the molecule is Cc1ccc(-n2nnnc2CNCC(C)C)cc1C. The average Bonchev–Trinajstić information content (AvgIpc) is 2.80. The van der Waals surface area contributed by atoms with E-state index in [0.29, 0.717) is 12.5 Å². The Morgan fingerprint density at radius 2 is 2.00 bits per heavy atom. The van der Waals surface area contributed by atoms with Gasteiger partial charge in [-0.2, -0.15) is 4.68 Å². The van der Waals surface area contributed by atoms with Crippen molar-refractivity contribution in [1.29, 1.82) is 0 Å². The molecule has 5 heteroatoms.